The minimum absolute atomic E-state index is 0.0373. The van der Waals surface area contributed by atoms with Gasteiger partial charge < -0.3 is 5.32 Å². The molecule has 0 saturated heterocycles. The van der Waals surface area contributed by atoms with Crippen molar-refractivity contribution in [2.45, 2.75) is 32.0 Å². The number of nitrogens with one attached hydrogen (secondary N) is 1. The molecule has 1 aliphatic rings. The number of aromatic nitrogens is 1. The van der Waals surface area contributed by atoms with Crippen LogP contribution >= 0.6 is 0 Å². The number of carbonyl (C=O) groups is 1. The van der Waals surface area contributed by atoms with Gasteiger partial charge in [-0.1, -0.05) is 0 Å². The zero-order valence-corrected chi connectivity index (χ0v) is 9.18. The number of hydrogen-bond acceptors (Lipinski definition) is 4. The molecule has 2 heterocycles. The fourth-order valence-electron chi connectivity index (χ4n) is 1.33. The second-order valence-electron chi connectivity index (χ2n) is 4.05. The lowest BCUT2D eigenvalue weighted by atomic mass is 10.1. The Morgan fingerprint density at radius 2 is 2.06 bits per heavy atom. The third kappa shape index (κ3) is 3.12. The summed E-state index contributed by atoms with van der Waals surface area (Å²) in [7, 11) is 0. The molecule has 5 nitrogen and oxygen atoms in total. The number of carbonyl (C=O) groups excluding carboxylic acids is 1. The van der Waals surface area contributed by atoms with E-state index in [1.807, 2.05) is 19.1 Å². The van der Waals surface area contributed by atoms with Crippen molar-refractivity contribution >= 4 is 5.91 Å². The normalized spacial score (nSPS) is 15.8. The fourth-order valence-corrected chi connectivity index (χ4v) is 1.33. The fraction of sp³-hybridized carbons (Fsp3) is 0.455. The molecule has 1 aromatic rings. The van der Waals surface area contributed by atoms with Gasteiger partial charge in [-0.15, -0.1) is 0 Å². The maximum atomic E-state index is 11.5. The molecule has 0 bridgehead atoms. The van der Waals surface area contributed by atoms with Crippen molar-refractivity contribution in [1.29, 1.82) is 0 Å². The van der Waals surface area contributed by atoms with Crippen molar-refractivity contribution < 1.29 is 4.79 Å². The van der Waals surface area contributed by atoms with Crippen molar-refractivity contribution in [1.82, 2.24) is 10.3 Å². The number of pyridine rings is 1. The lowest BCUT2D eigenvalue weighted by Crippen LogP contribution is -2.24. The van der Waals surface area contributed by atoms with Crippen molar-refractivity contribution in [3.63, 3.8) is 0 Å². The standard InChI is InChI=1S/C11H14N4O/c1-11(14-15-11)5-2-10(16)13-8-9-3-6-12-7-4-9/h3-4,6-7H,2,5,8H2,1H3,(H,13,16). The van der Waals surface area contributed by atoms with Gasteiger partial charge in [0.15, 0.2) is 5.66 Å². The molecule has 5 heteroatoms. The highest BCUT2D eigenvalue weighted by Gasteiger charge is 2.33. The molecule has 0 atom stereocenters. The van der Waals surface area contributed by atoms with Crippen molar-refractivity contribution in [2.24, 2.45) is 10.2 Å². The average molecular weight is 218 g/mol. The van der Waals surface area contributed by atoms with Gasteiger partial charge in [0, 0.05) is 31.8 Å². The molecule has 1 amide bonds. The van der Waals surface area contributed by atoms with Crippen LogP contribution in [0.3, 0.4) is 0 Å². The van der Waals surface area contributed by atoms with Crippen LogP contribution in [0.5, 0.6) is 0 Å². The molecule has 0 saturated carbocycles. The van der Waals surface area contributed by atoms with Gasteiger partial charge in [0.1, 0.15) is 0 Å². The van der Waals surface area contributed by atoms with E-state index in [-0.39, 0.29) is 11.6 Å². The molecule has 1 aliphatic heterocycles. The molecule has 16 heavy (non-hydrogen) atoms. The summed E-state index contributed by atoms with van der Waals surface area (Å²) in [6.45, 7) is 2.47. The quantitative estimate of drug-likeness (QED) is 0.816. The van der Waals surface area contributed by atoms with E-state index in [0.29, 0.717) is 19.4 Å². The SMILES string of the molecule is CC1(CCC(=O)NCc2ccncc2)N=N1. The van der Waals surface area contributed by atoms with Gasteiger partial charge in [-0.25, -0.2) is 0 Å². The Balaban J connectivity index is 1.68. The van der Waals surface area contributed by atoms with Crippen LogP contribution in [0, 0.1) is 0 Å². The maximum absolute atomic E-state index is 11.5. The summed E-state index contributed by atoms with van der Waals surface area (Å²) in [4.78, 5) is 15.4. The van der Waals surface area contributed by atoms with Crippen LogP contribution in [0.1, 0.15) is 25.3 Å². The first-order chi connectivity index (χ1) is 7.68. The van der Waals surface area contributed by atoms with Gasteiger partial charge in [0.25, 0.3) is 0 Å². The van der Waals surface area contributed by atoms with Crippen LogP contribution in [0.25, 0.3) is 0 Å². The summed E-state index contributed by atoms with van der Waals surface area (Å²) in [6.07, 6.45) is 4.58. The van der Waals surface area contributed by atoms with Gasteiger partial charge >= 0.3 is 0 Å². The molecular weight excluding hydrogens is 204 g/mol. The molecule has 1 N–H and O–H groups in total. The number of hydrogen-bond donors (Lipinski definition) is 1. The van der Waals surface area contributed by atoms with Crippen LogP contribution < -0.4 is 5.32 Å². The zero-order chi connectivity index (χ0) is 11.4. The Labute approximate surface area is 94.0 Å². The van der Waals surface area contributed by atoms with Gasteiger partial charge in [-0.2, -0.15) is 10.2 Å². The van der Waals surface area contributed by atoms with Gasteiger partial charge in [0.05, 0.1) is 0 Å². The molecule has 0 unspecified atom stereocenters. The summed E-state index contributed by atoms with van der Waals surface area (Å²) in [5, 5.41) is 10.6. The van der Waals surface area contributed by atoms with Crippen LogP contribution in [0.2, 0.25) is 0 Å². The Bertz CT molecular complexity index is 396. The molecule has 2 rings (SSSR count). The van der Waals surface area contributed by atoms with Crippen molar-refractivity contribution in [2.75, 3.05) is 0 Å². The minimum Gasteiger partial charge on any atom is -0.352 e. The molecule has 0 fully saturated rings. The minimum atomic E-state index is -0.284. The van der Waals surface area contributed by atoms with Gasteiger partial charge in [0.2, 0.25) is 5.91 Å². The summed E-state index contributed by atoms with van der Waals surface area (Å²) in [6, 6.07) is 3.76. The number of nitrogens with zero attached hydrogens (tertiary/aromatic N) is 3. The third-order valence-electron chi connectivity index (χ3n) is 2.51. The summed E-state index contributed by atoms with van der Waals surface area (Å²) < 4.78 is 0. The number of rotatable bonds is 5. The average Bonchev–Trinajstić information content (AvgIpc) is 3.04. The first-order valence-electron chi connectivity index (χ1n) is 5.28. The van der Waals surface area contributed by atoms with E-state index in [0.717, 1.165) is 5.56 Å². The van der Waals surface area contributed by atoms with Gasteiger partial charge in [-0.3, -0.25) is 9.78 Å². The van der Waals surface area contributed by atoms with Crippen LogP contribution in [0.4, 0.5) is 0 Å². The monoisotopic (exact) mass is 218 g/mol. The Morgan fingerprint density at radius 1 is 1.38 bits per heavy atom. The van der Waals surface area contributed by atoms with E-state index in [9.17, 15) is 4.79 Å². The molecule has 84 valence electrons. The van der Waals surface area contributed by atoms with E-state index in [1.165, 1.54) is 0 Å². The van der Waals surface area contributed by atoms with E-state index in [4.69, 9.17) is 0 Å². The first kappa shape index (κ1) is 10.7. The molecule has 0 spiro atoms. The van der Waals surface area contributed by atoms with E-state index in [1.54, 1.807) is 12.4 Å². The zero-order valence-electron chi connectivity index (χ0n) is 9.18. The largest absolute Gasteiger partial charge is 0.352 e. The maximum Gasteiger partial charge on any atom is 0.220 e. The van der Waals surface area contributed by atoms with E-state index < -0.39 is 0 Å². The molecule has 0 radical (unpaired) electrons. The van der Waals surface area contributed by atoms with Crippen LogP contribution in [0.15, 0.2) is 34.8 Å². The Hall–Kier alpha value is -1.78. The highest BCUT2D eigenvalue weighted by atomic mass is 16.1. The lowest BCUT2D eigenvalue weighted by molar-refractivity contribution is -0.121. The predicted octanol–water partition coefficient (Wildman–Crippen LogP) is 1.66. The smallest absolute Gasteiger partial charge is 0.220 e. The summed E-state index contributed by atoms with van der Waals surface area (Å²) in [5.41, 5.74) is 0.768. The van der Waals surface area contributed by atoms with Gasteiger partial charge in [-0.05, 0) is 24.6 Å². The third-order valence-corrected chi connectivity index (χ3v) is 2.51. The van der Waals surface area contributed by atoms with Crippen molar-refractivity contribution in [3.05, 3.63) is 30.1 Å². The second kappa shape index (κ2) is 4.38. The van der Waals surface area contributed by atoms with Crippen LogP contribution in [-0.2, 0) is 11.3 Å². The topological polar surface area (TPSA) is 66.7 Å². The molecule has 0 aromatic carbocycles. The van der Waals surface area contributed by atoms with Crippen LogP contribution in [-0.4, -0.2) is 16.6 Å². The molecule has 1 aromatic heterocycles. The molecular formula is C11H14N4O. The highest BCUT2D eigenvalue weighted by Crippen LogP contribution is 2.31. The summed E-state index contributed by atoms with van der Waals surface area (Å²) in [5.74, 6) is 0.0373. The first-order valence-corrected chi connectivity index (χ1v) is 5.28. The highest BCUT2D eigenvalue weighted by molar-refractivity contribution is 5.75. The molecule has 0 aliphatic carbocycles. The van der Waals surface area contributed by atoms with E-state index >= 15 is 0 Å². The van der Waals surface area contributed by atoms with E-state index in [2.05, 4.69) is 20.5 Å². The second-order valence-corrected chi connectivity index (χ2v) is 4.05. The lowest BCUT2D eigenvalue weighted by Gasteiger charge is -2.06. The Morgan fingerprint density at radius 3 is 2.69 bits per heavy atom. The number of amides is 1. The summed E-state index contributed by atoms with van der Waals surface area (Å²) >= 11 is 0. The predicted molar refractivity (Wildman–Crippen MR) is 58.6 cm³/mol. The van der Waals surface area contributed by atoms with Crippen molar-refractivity contribution in [3.8, 4) is 0 Å². The Kier molecular flexibility index (Phi) is 2.94.